The molecule has 2 amide bonds. The maximum Gasteiger partial charge on any atom is 0.242 e. The summed E-state index contributed by atoms with van der Waals surface area (Å²) in [5.74, 6) is -0.613. The highest BCUT2D eigenvalue weighted by molar-refractivity contribution is 7.89. The summed E-state index contributed by atoms with van der Waals surface area (Å²) in [6.45, 7) is 0. The van der Waals surface area contributed by atoms with Crippen LogP contribution in [0.3, 0.4) is 0 Å². The Kier molecular flexibility index (Phi) is 6.53. The lowest BCUT2D eigenvalue weighted by molar-refractivity contribution is -0.118. The predicted octanol–water partition coefficient (Wildman–Crippen LogP) is 4.23. The minimum atomic E-state index is -4.06. The molecular weight excluding hydrogens is 500 g/mol. The van der Waals surface area contributed by atoms with Gasteiger partial charge < -0.3 is 15.6 Å². The second kappa shape index (κ2) is 9.77. The number of carbonyl (C=O) groups is 2. The lowest BCUT2D eigenvalue weighted by Crippen LogP contribution is -2.45. The molecule has 2 heterocycles. The number of para-hydroxylation sites is 1. The number of fused-ring (bicyclic) bond motifs is 2. The van der Waals surface area contributed by atoms with E-state index < -0.39 is 22.0 Å². The van der Waals surface area contributed by atoms with Gasteiger partial charge >= 0.3 is 0 Å². The van der Waals surface area contributed by atoms with Gasteiger partial charge in [-0.25, -0.2) is 8.42 Å². The Morgan fingerprint density at radius 3 is 2.56 bits per heavy atom. The van der Waals surface area contributed by atoms with E-state index in [9.17, 15) is 18.0 Å². The van der Waals surface area contributed by atoms with E-state index in [0.29, 0.717) is 28.5 Å². The average Bonchev–Trinajstić information content (AvgIpc) is 3.27. The summed E-state index contributed by atoms with van der Waals surface area (Å²) in [7, 11) is -4.06. The van der Waals surface area contributed by atoms with Crippen LogP contribution in [0.15, 0.2) is 77.7 Å². The Morgan fingerprint density at radius 2 is 1.78 bits per heavy atom. The number of amides is 2. The summed E-state index contributed by atoms with van der Waals surface area (Å²) in [5.41, 5.74) is 3.43. The van der Waals surface area contributed by atoms with Crippen LogP contribution in [-0.4, -0.2) is 31.3 Å². The van der Waals surface area contributed by atoms with Crippen molar-refractivity contribution in [2.75, 3.05) is 10.6 Å². The highest BCUT2D eigenvalue weighted by Crippen LogP contribution is 2.26. The first kappa shape index (κ1) is 24.1. The fourth-order valence-corrected chi connectivity index (χ4v) is 5.57. The zero-order valence-electron chi connectivity index (χ0n) is 19.0. The third-order valence-corrected chi connectivity index (χ3v) is 7.74. The van der Waals surface area contributed by atoms with Crippen molar-refractivity contribution in [2.45, 2.75) is 30.2 Å². The Labute approximate surface area is 213 Å². The van der Waals surface area contributed by atoms with Crippen molar-refractivity contribution in [3.63, 3.8) is 0 Å². The predicted molar refractivity (Wildman–Crippen MR) is 140 cm³/mol. The third-order valence-electron chi connectivity index (χ3n) is 6.02. The van der Waals surface area contributed by atoms with E-state index in [1.165, 1.54) is 12.1 Å². The summed E-state index contributed by atoms with van der Waals surface area (Å²) in [5, 5.41) is 6.99. The molecule has 0 saturated carbocycles. The maximum atomic E-state index is 13.4. The van der Waals surface area contributed by atoms with Crippen LogP contribution in [0.25, 0.3) is 10.9 Å². The van der Waals surface area contributed by atoms with E-state index in [-0.39, 0.29) is 23.6 Å². The number of aromatic nitrogens is 1. The zero-order valence-corrected chi connectivity index (χ0v) is 20.6. The average molecular weight is 523 g/mol. The third kappa shape index (κ3) is 5.28. The molecule has 1 aliphatic heterocycles. The molecule has 36 heavy (non-hydrogen) atoms. The number of aromatic amines is 1. The normalized spacial score (nSPS) is 14.2. The summed E-state index contributed by atoms with van der Waals surface area (Å²) in [6.07, 6.45) is 0.838. The Bertz CT molecular complexity index is 1530. The Balaban J connectivity index is 1.43. The minimum Gasteiger partial charge on any atom is -0.358 e. The van der Waals surface area contributed by atoms with Crippen molar-refractivity contribution in [2.24, 2.45) is 0 Å². The van der Waals surface area contributed by atoms with Crippen LogP contribution in [0.5, 0.6) is 0 Å². The molecular formula is C26H23ClN4O4S. The van der Waals surface area contributed by atoms with E-state index in [1.807, 2.05) is 30.3 Å². The number of benzene rings is 3. The van der Waals surface area contributed by atoms with Crippen molar-refractivity contribution in [3.05, 3.63) is 89.1 Å². The lowest BCUT2D eigenvalue weighted by Gasteiger charge is -2.20. The highest BCUT2D eigenvalue weighted by atomic mass is 35.5. The van der Waals surface area contributed by atoms with Gasteiger partial charge in [0.25, 0.3) is 0 Å². The summed E-state index contributed by atoms with van der Waals surface area (Å²) in [6, 6.07) is 19.5. The summed E-state index contributed by atoms with van der Waals surface area (Å²) >= 11 is 5.94. The first-order chi connectivity index (χ1) is 17.3. The summed E-state index contributed by atoms with van der Waals surface area (Å²) in [4.78, 5) is 28.2. The fraction of sp³-hybridized carbons (Fsp3) is 0.154. The smallest absolute Gasteiger partial charge is 0.242 e. The highest BCUT2D eigenvalue weighted by Gasteiger charge is 2.28. The quantitative estimate of drug-likeness (QED) is 0.290. The number of H-pyrrole nitrogens is 1. The van der Waals surface area contributed by atoms with Gasteiger partial charge in [0.2, 0.25) is 21.8 Å². The SMILES string of the molecule is O=C1CCc2cc(S(=O)(=O)NC(Cc3cc4ccccc4[nH]3)C(=O)Nc3ccc(Cl)cc3)ccc2N1. The molecule has 0 bridgehead atoms. The van der Waals surface area contributed by atoms with Crippen LogP contribution in [0.1, 0.15) is 17.7 Å². The fourth-order valence-electron chi connectivity index (χ4n) is 4.20. The molecule has 0 spiro atoms. The van der Waals surface area contributed by atoms with E-state index in [0.717, 1.165) is 16.5 Å². The van der Waals surface area contributed by atoms with Crippen LogP contribution in [0.2, 0.25) is 5.02 Å². The number of anilines is 2. The molecule has 8 nitrogen and oxygen atoms in total. The Hall–Kier alpha value is -3.66. The minimum absolute atomic E-state index is 0.0262. The largest absolute Gasteiger partial charge is 0.358 e. The zero-order chi connectivity index (χ0) is 25.3. The molecule has 5 rings (SSSR count). The van der Waals surface area contributed by atoms with E-state index in [2.05, 4.69) is 20.3 Å². The van der Waals surface area contributed by atoms with Gasteiger partial charge in [-0.2, -0.15) is 4.72 Å². The number of sulfonamides is 1. The van der Waals surface area contributed by atoms with Crippen LogP contribution >= 0.6 is 11.6 Å². The van der Waals surface area contributed by atoms with Crippen LogP contribution in [0.4, 0.5) is 11.4 Å². The van der Waals surface area contributed by atoms with Gasteiger partial charge in [0.1, 0.15) is 6.04 Å². The molecule has 1 unspecified atom stereocenters. The maximum absolute atomic E-state index is 13.4. The van der Waals surface area contributed by atoms with E-state index in [1.54, 1.807) is 30.3 Å². The van der Waals surface area contributed by atoms with Crippen molar-refractivity contribution >= 4 is 55.7 Å². The second-order valence-corrected chi connectivity index (χ2v) is 10.8. The van der Waals surface area contributed by atoms with Gasteiger partial charge in [-0.15, -0.1) is 0 Å². The molecule has 1 aliphatic rings. The van der Waals surface area contributed by atoms with Gasteiger partial charge in [0, 0.05) is 40.4 Å². The molecule has 1 atom stereocenters. The van der Waals surface area contributed by atoms with Gasteiger partial charge in [-0.05, 0) is 72.0 Å². The van der Waals surface area contributed by atoms with Crippen molar-refractivity contribution in [1.82, 2.24) is 9.71 Å². The second-order valence-electron chi connectivity index (χ2n) is 8.62. The molecule has 1 aromatic heterocycles. The lowest BCUT2D eigenvalue weighted by atomic mass is 10.0. The topological polar surface area (TPSA) is 120 Å². The molecule has 0 saturated heterocycles. The van der Waals surface area contributed by atoms with Gasteiger partial charge in [0.15, 0.2) is 0 Å². The van der Waals surface area contributed by atoms with E-state index >= 15 is 0 Å². The number of rotatable bonds is 7. The number of aryl methyl sites for hydroxylation is 1. The standard InChI is InChI=1S/C26H23ClN4O4S/c27-18-6-8-19(9-7-18)29-26(33)24(15-20-13-16-3-1-2-4-22(16)28-20)31-36(34,35)21-10-11-23-17(14-21)5-12-25(32)30-23/h1-4,6-11,13-14,24,28,31H,5,12,15H2,(H,29,33)(H,30,32). The van der Waals surface area contributed by atoms with Gasteiger partial charge in [-0.3, -0.25) is 9.59 Å². The number of nitrogens with one attached hydrogen (secondary N) is 4. The molecule has 4 N–H and O–H groups in total. The van der Waals surface area contributed by atoms with Crippen LogP contribution < -0.4 is 15.4 Å². The molecule has 0 radical (unpaired) electrons. The first-order valence-electron chi connectivity index (χ1n) is 11.3. The van der Waals surface area contributed by atoms with Gasteiger partial charge in [-0.1, -0.05) is 29.8 Å². The monoisotopic (exact) mass is 522 g/mol. The van der Waals surface area contributed by atoms with E-state index in [4.69, 9.17) is 11.6 Å². The molecule has 10 heteroatoms. The van der Waals surface area contributed by atoms with Crippen molar-refractivity contribution in [1.29, 1.82) is 0 Å². The number of hydrogen-bond donors (Lipinski definition) is 4. The van der Waals surface area contributed by atoms with Crippen molar-refractivity contribution in [3.8, 4) is 0 Å². The number of halogens is 1. The summed E-state index contributed by atoms with van der Waals surface area (Å²) < 4.78 is 29.3. The van der Waals surface area contributed by atoms with Crippen LogP contribution in [-0.2, 0) is 32.5 Å². The molecule has 0 fully saturated rings. The number of carbonyl (C=O) groups excluding carboxylic acids is 2. The molecule has 4 aromatic rings. The van der Waals surface area contributed by atoms with Crippen LogP contribution in [0, 0.1) is 0 Å². The van der Waals surface area contributed by atoms with Gasteiger partial charge in [0.05, 0.1) is 4.90 Å². The van der Waals surface area contributed by atoms with Crippen molar-refractivity contribution < 1.29 is 18.0 Å². The molecule has 3 aromatic carbocycles. The molecule has 184 valence electrons. The molecule has 0 aliphatic carbocycles. The Morgan fingerprint density at radius 1 is 1.00 bits per heavy atom. The first-order valence-corrected chi connectivity index (χ1v) is 13.2. The number of hydrogen-bond acceptors (Lipinski definition) is 4.